The third-order valence-electron chi connectivity index (χ3n) is 5.57. The molecule has 0 radical (unpaired) electrons. The first-order valence-electron chi connectivity index (χ1n) is 10.0. The van der Waals surface area contributed by atoms with Crippen LogP contribution in [-0.2, 0) is 6.42 Å². The Morgan fingerprint density at radius 2 is 2.24 bits per heavy atom. The molecule has 1 aliphatic heterocycles. The second kappa shape index (κ2) is 8.11. The van der Waals surface area contributed by atoms with Crippen molar-refractivity contribution in [2.75, 3.05) is 23.8 Å². The van der Waals surface area contributed by atoms with E-state index in [1.165, 1.54) is 0 Å². The van der Waals surface area contributed by atoms with Crippen LogP contribution in [0.4, 0.5) is 15.9 Å². The molecule has 29 heavy (non-hydrogen) atoms. The minimum atomic E-state index is -0.198. The predicted molar refractivity (Wildman–Crippen MR) is 115 cm³/mol. The molecule has 2 unspecified atom stereocenters. The summed E-state index contributed by atoms with van der Waals surface area (Å²) in [5, 5.41) is 10.7. The van der Waals surface area contributed by atoms with Crippen LogP contribution in [0.1, 0.15) is 36.9 Å². The van der Waals surface area contributed by atoms with Gasteiger partial charge in [0, 0.05) is 25.8 Å². The molecular formula is C22H27FN6. The van der Waals surface area contributed by atoms with Crippen molar-refractivity contribution in [1.29, 1.82) is 0 Å². The Morgan fingerprint density at radius 1 is 1.38 bits per heavy atom. The van der Waals surface area contributed by atoms with Crippen LogP contribution in [0.25, 0.3) is 5.65 Å². The second-order valence-electron chi connectivity index (χ2n) is 7.53. The quantitative estimate of drug-likeness (QED) is 0.636. The highest BCUT2D eigenvalue weighted by Crippen LogP contribution is 2.37. The molecule has 2 N–H and O–H groups in total. The van der Waals surface area contributed by atoms with Crippen molar-refractivity contribution in [2.45, 2.75) is 38.3 Å². The summed E-state index contributed by atoms with van der Waals surface area (Å²) >= 11 is 0. The highest BCUT2D eigenvalue weighted by atomic mass is 19.1. The summed E-state index contributed by atoms with van der Waals surface area (Å²) in [6.07, 6.45) is 8.24. The number of rotatable bonds is 7. The van der Waals surface area contributed by atoms with Gasteiger partial charge in [0.25, 0.3) is 0 Å². The zero-order valence-corrected chi connectivity index (χ0v) is 16.9. The number of fused-ring (bicyclic) bond motifs is 1. The highest BCUT2D eigenvalue weighted by Gasteiger charge is 2.29. The predicted octanol–water partition coefficient (Wildman–Crippen LogP) is 3.92. The summed E-state index contributed by atoms with van der Waals surface area (Å²) < 4.78 is 16.0. The molecule has 3 aromatic rings. The van der Waals surface area contributed by atoms with Crippen molar-refractivity contribution in [3.63, 3.8) is 0 Å². The van der Waals surface area contributed by atoms with Gasteiger partial charge < -0.3 is 15.5 Å². The molecular weight excluding hydrogens is 367 g/mol. The van der Waals surface area contributed by atoms with E-state index >= 15 is 0 Å². The topological polar surface area (TPSA) is 57.5 Å². The van der Waals surface area contributed by atoms with Gasteiger partial charge in [-0.05, 0) is 61.7 Å². The number of benzene rings is 1. The molecule has 6 nitrogen and oxygen atoms in total. The maximum atomic E-state index is 14.2. The molecule has 0 aliphatic carbocycles. The van der Waals surface area contributed by atoms with Gasteiger partial charge >= 0.3 is 0 Å². The minimum Gasteiger partial charge on any atom is -0.389 e. The lowest BCUT2D eigenvalue weighted by atomic mass is 9.94. The maximum Gasteiger partial charge on any atom is 0.180 e. The SMILES string of the molecule is C=CNC(C)Cc1ccc(F)cc1C1CCCN1c1ccn2ncc(NC)c2n1. The molecule has 1 saturated heterocycles. The zero-order chi connectivity index (χ0) is 20.4. The van der Waals surface area contributed by atoms with Crippen LogP contribution in [0, 0.1) is 5.82 Å². The molecule has 2 atom stereocenters. The number of anilines is 2. The van der Waals surface area contributed by atoms with E-state index in [1.54, 1.807) is 29.0 Å². The average Bonchev–Trinajstić information content (AvgIpc) is 3.35. The van der Waals surface area contributed by atoms with Crippen LogP contribution in [0.5, 0.6) is 0 Å². The van der Waals surface area contributed by atoms with Gasteiger partial charge in [0.05, 0.1) is 17.9 Å². The Balaban J connectivity index is 1.70. The Bertz CT molecular complexity index is 1010. The third kappa shape index (κ3) is 3.77. The summed E-state index contributed by atoms with van der Waals surface area (Å²) in [7, 11) is 1.86. The minimum absolute atomic E-state index is 0.104. The molecule has 0 amide bonds. The Labute approximate surface area is 170 Å². The second-order valence-corrected chi connectivity index (χ2v) is 7.53. The van der Waals surface area contributed by atoms with Gasteiger partial charge in [-0.25, -0.2) is 13.9 Å². The van der Waals surface area contributed by atoms with E-state index in [9.17, 15) is 4.39 Å². The fourth-order valence-corrected chi connectivity index (χ4v) is 4.21. The van der Waals surface area contributed by atoms with E-state index in [2.05, 4.69) is 34.1 Å². The highest BCUT2D eigenvalue weighted by molar-refractivity contribution is 5.68. The van der Waals surface area contributed by atoms with Gasteiger partial charge in [0.15, 0.2) is 5.65 Å². The van der Waals surface area contributed by atoms with Crippen LogP contribution in [0.2, 0.25) is 0 Å². The van der Waals surface area contributed by atoms with Crippen molar-refractivity contribution in [1.82, 2.24) is 19.9 Å². The molecule has 3 heterocycles. The van der Waals surface area contributed by atoms with E-state index in [0.29, 0.717) is 0 Å². The molecule has 1 aromatic carbocycles. The first-order chi connectivity index (χ1) is 14.1. The lowest BCUT2D eigenvalue weighted by Gasteiger charge is -2.28. The van der Waals surface area contributed by atoms with Crippen molar-refractivity contribution in [2.24, 2.45) is 0 Å². The normalized spacial score (nSPS) is 17.5. The maximum absolute atomic E-state index is 14.2. The van der Waals surface area contributed by atoms with Crippen LogP contribution in [0.15, 0.2) is 49.4 Å². The standard InChI is InChI=1S/C22H27FN6/c1-4-25-15(2)12-16-7-8-17(23)13-18(16)20-6-5-10-28(20)21-9-11-29-22(27-21)19(24-3)14-26-29/h4,7-9,11,13-15,20,24-25H,1,5-6,10,12H2,2-3H3. The van der Waals surface area contributed by atoms with Gasteiger partial charge in [0.2, 0.25) is 0 Å². The van der Waals surface area contributed by atoms with Gasteiger partial charge in [-0.3, -0.25) is 0 Å². The average molecular weight is 394 g/mol. The molecule has 1 aliphatic rings. The van der Waals surface area contributed by atoms with E-state index < -0.39 is 0 Å². The molecule has 0 bridgehead atoms. The zero-order valence-electron chi connectivity index (χ0n) is 16.9. The Kier molecular flexibility index (Phi) is 5.38. The van der Waals surface area contributed by atoms with Crippen LogP contribution < -0.4 is 15.5 Å². The summed E-state index contributed by atoms with van der Waals surface area (Å²) in [4.78, 5) is 7.14. The fraction of sp³-hybridized carbons (Fsp3) is 0.364. The van der Waals surface area contributed by atoms with Crippen molar-refractivity contribution in [3.05, 3.63) is 66.4 Å². The van der Waals surface area contributed by atoms with Crippen molar-refractivity contribution < 1.29 is 4.39 Å². The van der Waals surface area contributed by atoms with Crippen LogP contribution >= 0.6 is 0 Å². The number of nitrogens with zero attached hydrogens (tertiary/aromatic N) is 4. The molecule has 2 aromatic heterocycles. The first kappa shape index (κ1) is 19.2. The number of halogens is 1. The summed E-state index contributed by atoms with van der Waals surface area (Å²) in [5.41, 5.74) is 3.88. The van der Waals surface area contributed by atoms with E-state index in [1.807, 2.05) is 25.4 Å². The number of aromatic nitrogens is 3. The van der Waals surface area contributed by atoms with E-state index in [0.717, 1.165) is 54.1 Å². The molecule has 0 saturated carbocycles. The van der Waals surface area contributed by atoms with Gasteiger partial charge in [-0.15, -0.1) is 0 Å². The molecule has 7 heteroatoms. The fourth-order valence-electron chi connectivity index (χ4n) is 4.21. The largest absolute Gasteiger partial charge is 0.389 e. The molecule has 152 valence electrons. The summed E-state index contributed by atoms with van der Waals surface area (Å²) in [5.74, 6) is 0.695. The lowest BCUT2D eigenvalue weighted by molar-refractivity contribution is 0.600. The van der Waals surface area contributed by atoms with Gasteiger partial charge in [-0.2, -0.15) is 5.10 Å². The number of nitrogens with one attached hydrogen (secondary N) is 2. The third-order valence-corrected chi connectivity index (χ3v) is 5.57. The van der Waals surface area contributed by atoms with Crippen molar-refractivity contribution >= 4 is 17.2 Å². The smallest absolute Gasteiger partial charge is 0.180 e. The van der Waals surface area contributed by atoms with Crippen LogP contribution in [0.3, 0.4) is 0 Å². The van der Waals surface area contributed by atoms with E-state index in [4.69, 9.17) is 4.98 Å². The summed E-state index contributed by atoms with van der Waals surface area (Å²) in [6.45, 7) is 6.75. The first-order valence-corrected chi connectivity index (χ1v) is 10.0. The lowest BCUT2D eigenvalue weighted by Crippen LogP contribution is -2.27. The number of hydrogen-bond donors (Lipinski definition) is 2. The molecule has 4 rings (SSSR count). The number of hydrogen-bond acceptors (Lipinski definition) is 5. The molecule has 1 fully saturated rings. The van der Waals surface area contributed by atoms with Gasteiger partial charge in [-0.1, -0.05) is 12.6 Å². The van der Waals surface area contributed by atoms with E-state index in [-0.39, 0.29) is 17.9 Å². The monoisotopic (exact) mass is 394 g/mol. The molecule has 0 spiro atoms. The van der Waals surface area contributed by atoms with Crippen LogP contribution in [-0.4, -0.2) is 34.2 Å². The summed E-state index contributed by atoms with van der Waals surface area (Å²) in [6, 6.07) is 7.47. The van der Waals surface area contributed by atoms with Crippen molar-refractivity contribution in [3.8, 4) is 0 Å². The Hall–Kier alpha value is -3.09. The Morgan fingerprint density at radius 3 is 3.03 bits per heavy atom. The van der Waals surface area contributed by atoms with Gasteiger partial charge in [0.1, 0.15) is 11.6 Å².